The number of phenols is 1. The molecule has 2 aromatic rings. The number of ether oxygens (including phenoxy) is 2. The maximum absolute atomic E-state index is 9.30. The number of hydrogen-bond acceptors (Lipinski definition) is 3. The van der Waals surface area contributed by atoms with Gasteiger partial charge in [0.1, 0.15) is 17.2 Å². The van der Waals surface area contributed by atoms with Crippen LogP contribution in [0.4, 0.5) is 0 Å². The zero-order chi connectivity index (χ0) is 15.4. The van der Waals surface area contributed by atoms with Gasteiger partial charge in [0.25, 0.3) is 0 Å². The molecule has 2 aromatic carbocycles. The molecule has 0 aliphatic rings. The Morgan fingerprint density at radius 2 is 1.57 bits per heavy atom. The van der Waals surface area contributed by atoms with Gasteiger partial charge in [-0.1, -0.05) is 24.3 Å². The molecule has 0 heterocycles. The smallest absolute Gasteiger partial charge is 0.128 e. The zero-order valence-corrected chi connectivity index (χ0v) is 12.8. The second-order valence-electron chi connectivity index (χ2n) is 4.88. The Hall–Kier alpha value is -2.42. The van der Waals surface area contributed by atoms with E-state index in [-0.39, 0.29) is 5.75 Å². The monoisotopic (exact) mass is 284 g/mol. The molecule has 0 fully saturated rings. The summed E-state index contributed by atoms with van der Waals surface area (Å²) in [6, 6.07) is 9.07. The molecule has 0 saturated heterocycles. The molecule has 21 heavy (non-hydrogen) atoms. The molecule has 110 valence electrons. The van der Waals surface area contributed by atoms with Crippen LogP contribution in [0.3, 0.4) is 0 Å². The molecular weight excluding hydrogens is 264 g/mol. The third-order valence-electron chi connectivity index (χ3n) is 3.54. The zero-order valence-electron chi connectivity index (χ0n) is 12.8. The quantitative estimate of drug-likeness (QED) is 0.855. The van der Waals surface area contributed by atoms with Crippen LogP contribution in [0.25, 0.3) is 12.2 Å². The minimum Gasteiger partial charge on any atom is -0.508 e. The fraction of sp³-hybridized carbons (Fsp3) is 0.222. The van der Waals surface area contributed by atoms with Crippen LogP contribution >= 0.6 is 0 Å². The highest BCUT2D eigenvalue weighted by Gasteiger charge is 2.12. The molecule has 0 spiro atoms. The number of hydrogen-bond donors (Lipinski definition) is 1. The first kappa shape index (κ1) is 15.0. The molecule has 0 bridgehead atoms. The topological polar surface area (TPSA) is 38.7 Å². The van der Waals surface area contributed by atoms with E-state index >= 15 is 0 Å². The number of benzene rings is 2. The normalized spacial score (nSPS) is 10.9. The average Bonchev–Trinajstić information content (AvgIpc) is 2.49. The number of phenolic OH excluding ortho intramolecular Hbond substituents is 1. The Morgan fingerprint density at radius 3 is 2.14 bits per heavy atom. The summed E-state index contributed by atoms with van der Waals surface area (Å²) >= 11 is 0. The van der Waals surface area contributed by atoms with E-state index in [4.69, 9.17) is 9.47 Å². The summed E-state index contributed by atoms with van der Waals surface area (Å²) in [5.74, 6) is 1.92. The molecule has 1 N–H and O–H groups in total. The lowest BCUT2D eigenvalue weighted by Gasteiger charge is -2.15. The van der Waals surface area contributed by atoms with E-state index in [9.17, 15) is 5.11 Å². The Labute approximate surface area is 125 Å². The Balaban J connectivity index is 2.41. The predicted molar refractivity (Wildman–Crippen MR) is 86.1 cm³/mol. The first-order valence-electron chi connectivity index (χ1n) is 6.76. The molecule has 0 unspecified atom stereocenters. The van der Waals surface area contributed by atoms with Gasteiger partial charge in [-0.15, -0.1) is 0 Å². The van der Waals surface area contributed by atoms with Crippen molar-refractivity contribution in [1.82, 2.24) is 0 Å². The van der Waals surface area contributed by atoms with Gasteiger partial charge in [0, 0.05) is 5.56 Å². The highest BCUT2D eigenvalue weighted by atomic mass is 16.5. The van der Waals surface area contributed by atoms with Crippen molar-refractivity contribution in [3.8, 4) is 17.2 Å². The van der Waals surface area contributed by atoms with Gasteiger partial charge in [0.15, 0.2) is 0 Å². The van der Waals surface area contributed by atoms with Crippen molar-refractivity contribution in [2.45, 2.75) is 13.8 Å². The van der Waals surface area contributed by atoms with E-state index < -0.39 is 0 Å². The van der Waals surface area contributed by atoms with Gasteiger partial charge in [-0.2, -0.15) is 0 Å². The highest BCUT2D eigenvalue weighted by molar-refractivity contribution is 5.74. The van der Waals surface area contributed by atoms with Crippen molar-refractivity contribution in [2.24, 2.45) is 0 Å². The Morgan fingerprint density at radius 1 is 0.905 bits per heavy atom. The van der Waals surface area contributed by atoms with Gasteiger partial charge in [-0.25, -0.2) is 0 Å². The van der Waals surface area contributed by atoms with Crippen LogP contribution in [-0.4, -0.2) is 19.3 Å². The first-order chi connectivity index (χ1) is 10.1. The van der Waals surface area contributed by atoms with Crippen molar-refractivity contribution >= 4 is 12.2 Å². The molecule has 3 nitrogen and oxygen atoms in total. The molecule has 0 aliphatic heterocycles. The van der Waals surface area contributed by atoms with E-state index in [1.165, 1.54) is 0 Å². The van der Waals surface area contributed by atoms with Crippen molar-refractivity contribution in [3.05, 3.63) is 52.6 Å². The van der Waals surface area contributed by atoms with Crippen LogP contribution in [0.5, 0.6) is 17.2 Å². The summed E-state index contributed by atoms with van der Waals surface area (Å²) in [6.07, 6.45) is 4.02. The lowest BCUT2D eigenvalue weighted by molar-refractivity contribution is 0.386. The van der Waals surface area contributed by atoms with Crippen LogP contribution in [-0.2, 0) is 0 Å². The van der Waals surface area contributed by atoms with E-state index in [1.54, 1.807) is 26.4 Å². The molecule has 0 atom stereocenters. The standard InChI is InChI=1S/C18H20O3/c1-12-15(8-5-14-6-9-16(19)10-7-14)11-17(20-3)13(2)18(12)21-4/h5-11,19H,1-4H3/b8-5+. The van der Waals surface area contributed by atoms with E-state index in [1.807, 2.05) is 44.2 Å². The second kappa shape index (κ2) is 6.35. The molecule has 3 heteroatoms. The summed E-state index contributed by atoms with van der Waals surface area (Å²) in [5, 5.41) is 9.30. The summed E-state index contributed by atoms with van der Waals surface area (Å²) in [5.41, 5.74) is 4.14. The molecule has 2 rings (SSSR count). The number of rotatable bonds is 4. The maximum Gasteiger partial charge on any atom is 0.128 e. The van der Waals surface area contributed by atoms with Crippen LogP contribution in [0.2, 0.25) is 0 Å². The molecule has 0 amide bonds. The van der Waals surface area contributed by atoms with E-state index in [2.05, 4.69) is 0 Å². The van der Waals surface area contributed by atoms with E-state index in [0.29, 0.717) is 0 Å². The number of aromatic hydroxyl groups is 1. The van der Waals surface area contributed by atoms with Crippen molar-refractivity contribution in [1.29, 1.82) is 0 Å². The lowest BCUT2D eigenvalue weighted by Crippen LogP contribution is -1.97. The first-order valence-corrected chi connectivity index (χ1v) is 6.76. The summed E-state index contributed by atoms with van der Waals surface area (Å²) in [6.45, 7) is 4.01. The van der Waals surface area contributed by atoms with Gasteiger partial charge >= 0.3 is 0 Å². The SMILES string of the molecule is COc1cc(/C=C/c2ccc(O)cc2)c(C)c(OC)c1C. The lowest BCUT2D eigenvalue weighted by atomic mass is 10.0. The fourth-order valence-corrected chi connectivity index (χ4v) is 2.34. The van der Waals surface area contributed by atoms with Gasteiger partial charge < -0.3 is 14.6 Å². The van der Waals surface area contributed by atoms with E-state index in [0.717, 1.165) is 33.8 Å². The van der Waals surface area contributed by atoms with Crippen molar-refractivity contribution in [2.75, 3.05) is 14.2 Å². The third kappa shape index (κ3) is 3.19. The van der Waals surface area contributed by atoms with Crippen molar-refractivity contribution < 1.29 is 14.6 Å². The van der Waals surface area contributed by atoms with Crippen molar-refractivity contribution in [3.63, 3.8) is 0 Å². The largest absolute Gasteiger partial charge is 0.508 e. The summed E-state index contributed by atoms with van der Waals surface area (Å²) < 4.78 is 10.9. The number of methoxy groups -OCH3 is 2. The van der Waals surface area contributed by atoms with Gasteiger partial charge in [-0.05, 0) is 48.7 Å². The van der Waals surface area contributed by atoms with Crippen LogP contribution in [0.15, 0.2) is 30.3 Å². The van der Waals surface area contributed by atoms with Gasteiger partial charge in [0.05, 0.1) is 14.2 Å². The summed E-state index contributed by atoms with van der Waals surface area (Å²) in [4.78, 5) is 0. The summed E-state index contributed by atoms with van der Waals surface area (Å²) in [7, 11) is 3.33. The van der Waals surface area contributed by atoms with Crippen LogP contribution < -0.4 is 9.47 Å². The maximum atomic E-state index is 9.30. The Bertz CT molecular complexity index is 655. The second-order valence-corrected chi connectivity index (χ2v) is 4.88. The average molecular weight is 284 g/mol. The molecule has 0 aromatic heterocycles. The minimum atomic E-state index is 0.266. The molecule has 0 radical (unpaired) electrons. The van der Waals surface area contributed by atoms with Gasteiger partial charge in [0.2, 0.25) is 0 Å². The highest BCUT2D eigenvalue weighted by Crippen LogP contribution is 2.34. The van der Waals surface area contributed by atoms with Crippen LogP contribution in [0.1, 0.15) is 22.3 Å². The molecule has 0 saturated carbocycles. The van der Waals surface area contributed by atoms with Crippen LogP contribution in [0, 0.1) is 13.8 Å². The molecular formula is C18H20O3. The predicted octanol–water partition coefficient (Wildman–Crippen LogP) is 4.20. The van der Waals surface area contributed by atoms with Gasteiger partial charge in [-0.3, -0.25) is 0 Å². The Kier molecular flexibility index (Phi) is 4.53. The molecule has 0 aliphatic carbocycles. The minimum absolute atomic E-state index is 0.266. The fourth-order valence-electron chi connectivity index (χ4n) is 2.34. The third-order valence-corrected chi connectivity index (χ3v) is 3.54.